The Bertz CT molecular complexity index is 1210. The summed E-state index contributed by atoms with van der Waals surface area (Å²) in [5, 5.41) is 11.7. The van der Waals surface area contributed by atoms with E-state index in [1.165, 1.54) is 54.6 Å². The number of benzene rings is 2. The predicted molar refractivity (Wildman–Crippen MR) is 108 cm³/mol. The summed E-state index contributed by atoms with van der Waals surface area (Å²) in [7, 11) is -3.70. The summed E-state index contributed by atoms with van der Waals surface area (Å²) in [6.07, 6.45) is 1.23. The van der Waals surface area contributed by atoms with Crippen molar-refractivity contribution < 1.29 is 22.0 Å². The zero-order chi connectivity index (χ0) is 21.6. The van der Waals surface area contributed by atoms with Crippen LogP contribution in [0.1, 0.15) is 11.5 Å². The number of nitrogens with one attached hydrogen (secondary N) is 2. The van der Waals surface area contributed by atoms with E-state index in [1.54, 1.807) is 24.3 Å². The molecule has 2 N–H and O–H groups in total. The molecule has 2 aromatic carbocycles. The quantitative estimate of drug-likeness (QED) is 0.445. The third-order valence-corrected chi connectivity index (χ3v) is 5.34. The molecule has 0 spiro atoms. The van der Waals surface area contributed by atoms with E-state index in [9.17, 15) is 22.9 Å². The van der Waals surface area contributed by atoms with E-state index < -0.39 is 21.7 Å². The summed E-state index contributed by atoms with van der Waals surface area (Å²) >= 11 is 0. The van der Waals surface area contributed by atoms with Crippen molar-refractivity contribution in [1.29, 1.82) is 5.26 Å². The molecule has 9 heteroatoms. The lowest BCUT2D eigenvalue weighted by atomic mass is 10.2. The Labute approximate surface area is 172 Å². The topological polar surface area (TPSA) is 112 Å². The molecule has 0 atom stereocenters. The molecule has 0 unspecified atom stereocenters. The molecular weight excluding hydrogens is 409 g/mol. The third kappa shape index (κ3) is 5.41. The first-order valence-electron chi connectivity index (χ1n) is 8.69. The molecule has 0 aliphatic rings. The number of anilines is 1. The molecule has 3 aromatic rings. The van der Waals surface area contributed by atoms with Crippen LogP contribution >= 0.6 is 0 Å². The van der Waals surface area contributed by atoms with E-state index >= 15 is 0 Å². The fraction of sp³-hybridized carbons (Fsp3) is 0.0476. The Balaban J connectivity index is 1.66. The van der Waals surface area contributed by atoms with Gasteiger partial charge in [0.1, 0.15) is 29.0 Å². The van der Waals surface area contributed by atoms with E-state index in [0.29, 0.717) is 11.4 Å². The summed E-state index contributed by atoms with van der Waals surface area (Å²) < 4.78 is 45.3. The number of halogens is 1. The van der Waals surface area contributed by atoms with Gasteiger partial charge in [0.25, 0.3) is 5.91 Å². The standard InChI is InChI=1S/C21H16FN3O4S/c22-16-6-8-17(9-7-16)25-21(26)15(13-23)12-18-10-11-19(29-18)14-24-30(27,28)20-4-2-1-3-5-20/h1-12,24H,14H2,(H,25,26)/b15-12+. The molecule has 30 heavy (non-hydrogen) atoms. The van der Waals surface area contributed by atoms with Gasteiger partial charge >= 0.3 is 0 Å². The molecule has 0 bridgehead atoms. The van der Waals surface area contributed by atoms with Crippen LogP contribution in [0.15, 0.2) is 81.6 Å². The zero-order valence-corrected chi connectivity index (χ0v) is 16.3. The second kappa shape index (κ2) is 9.17. The zero-order valence-electron chi connectivity index (χ0n) is 15.5. The van der Waals surface area contributed by atoms with Gasteiger partial charge in [0, 0.05) is 11.8 Å². The minimum atomic E-state index is -3.70. The summed E-state index contributed by atoms with van der Waals surface area (Å²) in [4.78, 5) is 12.4. The maximum absolute atomic E-state index is 12.9. The van der Waals surface area contributed by atoms with Crippen LogP contribution < -0.4 is 10.0 Å². The van der Waals surface area contributed by atoms with Crippen molar-refractivity contribution in [2.75, 3.05) is 5.32 Å². The van der Waals surface area contributed by atoms with Crippen LogP contribution in [0.3, 0.4) is 0 Å². The lowest BCUT2D eigenvalue weighted by Crippen LogP contribution is -2.22. The smallest absolute Gasteiger partial charge is 0.266 e. The van der Waals surface area contributed by atoms with Crippen molar-refractivity contribution in [3.63, 3.8) is 0 Å². The van der Waals surface area contributed by atoms with Gasteiger partial charge in [-0.15, -0.1) is 0 Å². The van der Waals surface area contributed by atoms with Crippen molar-refractivity contribution >= 4 is 27.7 Å². The monoisotopic (exact) mass is 425 g/mol. The molecule has 0 radical (unpaired) electrons. The Hall–Kier alpha value is -3.74. The summed E-state index contributed by atoms with van der Waals surface area (Å²) in [5.41, 5.74) is 0.100. The molecule has 1 amide bonds. The molecule has 152 valence electrons. The van der Waals surface area contributed by atoms with Crippen molar-refractivity contribution in [3.05, 3.63) is 89.6 Å². The van der Waals surface area contributed by atoms with Crippen LogP contribution in [-0.2, 0) is 21.4 Å². The Morgan fingerprint density at radius 2 is 1.77 bits per heavy atom. The second-order valence-electron chi connectivity index (χ2n) is 6.07. The van der Waals surface area contributed by atoms with Gasteiger partial charge in [-0.05, 0) is 48.5 Å². The minimum absolute atomic E-state index is 0.102. The number of amides is 1. The highest BCUT2D eigenvalue weighted by Gasteiger charge is 2.15. The Kier molecular flexibility index (Phi) is 6.41. The number of sulfonamides is 1. The number of carbonyl (C=O) groups excluding carboxylic acids is 1. The minimum Gasteiger partial charge on any atom is -0.460 e. The van der Waals surface area contributed by atoms with E-state index in [1.807, 2.05) is 0 Å². The highest BCUT2D eigenvalue weighted by molar-refractivity contribution is 7.89. The first kappa shape index (κ1) is 21.0. The third-order valence-electron chi connectivity index (χ3n) is 3.93. The lowest BCUT2D eigenvalue weighted by Gasteiger charge is -2.05. The van der Waals surface area contributed by atoms with Gasteiger partial charge in [0.2, 0.25) is 10.0 Å². The highest BCUT2D eigenvalue weighted by Crippen LogP contribution is 2.15. The second-order valence-corrected chi connectivity index (χ2v) is 7.84. The molecule has 0 fully saturated rings. The first-order chi connectivity index (χ1) is 14.4. The van der Waals surface area contributed by atoms with E-state index in [0.717, 1.165) is 0 Å². The number of rotatable bonds is 7. The van der Waals surface area contributed by atoms with Crippen LogP contribution in [0, 0.1) is 17.1 Å². The van der Waals surface area contributed by atoms with Gasteiger partial charge < -0.3 is 9.73 Å². The Morgan fingerprint density at radius 1 is 1.07 bits per heavy atom. The van der Waals surface area contributed by atoms with Gasteiger partial charge in [-0.2, -0.15) is 5.26 Å². The van der Waals surface area contributed by atoms with Gasteiger partial charge in [-0.1, -0.05) is 18.2 Å². The molecular formula is C21H16FN3O4S. The van der Waals surface area contributed by atoms with E-state index in [4.69, 9.17) is 4.42 Å². The largest absolute Gasteiger partial charge is 0.460 e. The van der Waals surface area contributed by atoms with Gasteiger partial charge in [-0.25, -0.2) is 17.5 Å². The first-order valence-corrected chi connectivity index (χ1v) is 10.2. The SMILES string of the molecule is N#C/C(=C\c1ccc(CNS(=O)(=O)c2ccccc2)o1)C(=O)Nc1ccc(F)cc1. The van der Waals surface area contributed by atoms with Crippen molar-refractivity contribution in [2.24, 2.45) is 0 Å². The fourth-order valence-corrected chi connectivity index (χ4v) is 3.45. The molecule has 0 saturated carbocycles. The molecule has 3 rings (SSSR count). The average Bonchev–Trinajstić information content (AvgIpc) is 3.20. The highest BCUT2D eigenvalue weighted by atomic mass is 32.2. The Morgan fingerprint density at radius 3 is 2.43 bits per heavy atom. The predicted octanol–water partition coefficient (Wildman–Crippen LogP) is 3.44. The average molecular weight is 425 g/mol. The summed E-state index contributed by atoms with van der Waals surface area (Å²) in [6, 6.07) is 17.8. The fourth-order valence-electron chi connectivity index (χ4n) is 2.44. The molecule has 1 heterocycles. The van der Waals surface area contributed by atoms with Gasteiger partial charge in [-0.3, -0.25) is 4.79 Å². The van der Waals surface area contributed by atoms with Crippen LogP contribution in [0.5, 0.6) is 0 Å². The van der Waals surface area contributed by atoms with Gasteiger partial charge in [0.15, 0.2) is 0 Å². The lowest BCUT2D eigenvalue weighted by molar-refractivity contribution is -0.112. The van der Waals surface area contributed by atoms with E-state index in [2.05, 4.69) is 10.0 Å². The van der Waals surface area contributed by atoms with Crippen molar-refractivity contribution in [1.82, 2.24) is 4.72 Å². The van der Waals surface area contributed by atoms with Crippen LogP contribution in [0.4, 0.5) is 10.1 Å². The summed E-state index contributed by atoms with van der Waals surface area (Å²) in [6.45, 7) is -0.102. The molecule has 0 aliphatic heterocycles. The molecule has 1 aromatic heterocycles. The maximum atomic E-state index is 12.9. The number of carbonyl (C=O) groups is 1. The molecule has 0 saturated heterocycles. The number of hydrogen-bond acceptors (Lipinski definition) is 5. The molecule has 7 nitrogen and oxygen atoms in total. The van der Waals surface area contributed by atoms with Crippen molar-refractivity contribution in [3.8, 4) is 6.07 Å². The number of furan rings is 1. The number of nitriles is 1. The maximum Gasteiger partial charge on any atom is 0.266 e. The van der Waals surface area contributed by atoms with Crippen LogP contribution in [-0.4, -0.2) is 14.3 Å². The summed E-state index contributed by atoms with van der Waals surface area (Å²) in [5.74, 6) is -0.631. The molecule has 0 aliphatic carbocycles. The van der Waals surface area contributed by atoms with Crippen LogP contribution in [0.2, 0.25) is 0 Å². The number of nitrogens with zero attached hydrogens (tertiary/aromatic N) is 1. The van der Waals surface area contributed by atoms with Gasteiger partial charge in [0.05, 0.1) is 11.4 Å². The van der Waals surface area contributed by atoms with E-state index in [-0.39, 0.29) is 22.8 Å². The normalized spacial score (nSPS) is 11.7. The van der Waals surface area contributed by atoms with Crippen molar-refractivity contribution in [2.45, 2.75) is 11.4 Å². The van der Waals surface area contributed by atoms with Crippen LogP contribution in [0.25, 0.3) is 6.08 Å². The number of hydrogen-bond donors (Lipinski definition) is 2.